The maximum atomic E-state index is 12.2. The molecule has 1 aliphatic rings. The highest BCUT2D eigenvalue weighted by atomic mass is 35.5. The van der Waals surface area contributed by atoms with Crippen molar-refractivity contribution in [1.82, 2.24) is 14.8 Å². The number of amides is 1. The normalized spacial score (nSPS) is 22.4. The second kappa shape index (κ2) is 4.96. The summed E-state index contributed by atoms with van der Waals surface area (Å²) in [6.07, 6.45) is 2.05. The van der Waals surface area contributed by atoms with Crippen LogP contribution in [-0.4, -0.2) is 25.0 Å². The number of anilines is 1. The van der Waals surface area contributed by atoms with E-state index in [-0.39, 0.29) is 5.91 Å². The van der Waals surface area contributed by atoms with E-state index in [1.54, 1.807) is 29.9 Å². The minimum atomic E-state index is -0.978. The van der Waals surface area contributed by atoms with Gasteiger partial charge in [0.15, 0.2) is 5.82 Å². The quantitative estimate of drug-likeness (QED) is 0.872. The van der Waals surface area contributed by atoms with Crippen molar-refractivity contribution in [3.05, 3.63) is 35.8 Å². The van der Waals surface area contributed by atoms with Crippen molar-refractivity contribution in [2.24, 2.45) is 5.41 Å². The summed E-state index contributed by atoms with van der Waals surface area (Å²) in [5.41, 5.74) is 1.79. The molecule has 3 rings (SSSR count). The standard InChI is InChI=1S/C15H16Cl2N4O/c1-9-6-10(2)21(20-9)12-5-4-11(7-18-12)19-13(22)14(3)8-15(14,16)17/h4-7H,8H2,1-3H3,(H,19,22). The Labute approximate surface area is 138 Å². The van der Waals surface area contributed by atoms with Gasteiger partial charge in [0.2, 0.25) is 5.91 Å². The number of aryl methyl sites for hydroxylation is 2. The Hall–Kier alpha value is -1.59. The lowest BCUT2D eigenvalue weighted by Gasteiger charge is -2.12. The van der Waals surface area contributed by atoms with Gasteiger partial charge >= 0.3 is 0 Å². The number of halogens is 2. The van der Waals surface area contributed by atoms with Crippen LogP contribution in [-0.2, 0) is 4.79 Å². The van der Waals surface area contributed by atoms with Gasteiger partial charge in [-0.25, -0.2) is 9.67 Å². The minimum absolute atomic E-state index is 0.196. The molecule has 2 aromatic heterocycles. The van der Waals surface area contributed by atoms with Crippen molar-refractivity contribution in [2.45, 2.75) is 31.5 Å². The number of rotatable bonds is 3. The summed E-state index contributed by atoms with van der Waals surface area (Å²) in [6.45, 7) is 5.64. The molecule has 1 aliphatic carbocycles. The number of nitrogens with zero attached hydrogens (tertiary/aromatic N) is 3. The number of carbonyl (C=O) groups excluding carboxylic acids is 1. The number of hydrogen-bond donors (Lipinski definition) is 1. The van der Waals surface area contributed by atoms with Gasteiger partial charge in [-0.15, -0.1) is 23.2 Å². The van der Waals surface area contributed by atoms with Crippen LogP contribution in [0.25, 0.3) is 5.82 Å². The molecule has 2 aromatic rings. The first-order valence-electron chi connectivity index (χ1n) is 6.92. The monoisotopic (exact) mass is 338 g/mol. The van der Waals surface area contributed by atoms with Crippen LogP contribution in [0.15, 0.2) is 24.4 Å². The van der Waals surface area contributed by atoms with Crippen molar-refractivity contribution >= 4 is 34.8 Å². The Morgan fingerprint density at radius 1 is 1.36 bits per heavy atom. The van der Waals surface area contributed by atoms with E-state index in [9.17, 15) is 4.79 Å². The number of hydrogen-bond acceptors (Lipinski definition) is 3. The van der Waals surface area contributed by atoms with E-state index in [4.69, 9.17) is 23.2 Å². The lowest BCUT2D eigenvalue weighted by atomic mass is 10.1. The highest BCUT2D eigenvalue weighted by molar-refractivity contribution is 6.53. The van der Waals surface area contributed by atoms with Gasteiger partial charge in [0.05, 0.1) is 23.0 Å². The van der Waals surface area contributed by atoms with Crippen LogP contribution in [0, 0.1) is 19.3 Å². The first-order valence-corrected chi connectivity index (χ1v) is 7.67. The highest BCUT2D eigenvalue weighted by Gasteiger charge is 2.67. The summed E-state index contributed by atoms with van der Waals surface area (Å²) in [5, 5.41) is 7.17. The molecule has 0 aliphatic heterocycles. The molecule has 22 heavy (non-hydrogen) atoms. The zero-order valence-electron chi connectivity index (χ0n) is 12.5. The van der Waals surface area contributed by atoms with E-state index < -0.39 is 9.75 Å². The van der Waals surface area contributed by atoms with Crippen LogP contribution in [0.5, 0.6) is 0 Å². The minimum Gasteiger partial charge on any atom is -0.324 e. The average Bonchev–Trinajstić information content (AvgIpc) is 2.78. The van der Waals surface area contributed by atoms with Crippen LogP contribution in [0.2, 0.25) is 0 Å². The fourth-order valence-electron chi connectivity index (χ4n) is 2.36. The van der Waals surface area contributed by atoms with E-state index in [1.807, 2.05) is 19.9 Å². The van der Waals surface area contributed by atoms with Gasteiger partial charge in [-0.3, -0.25) is 4.79 Å². The van der Waals surface area contributed by atoms with E-state index >= 15 is 0 Å². The molecule has 0 spiro atoms. The second-order valence-electron chi connectivity index (χ2n) is 5.91. The predicted octanol–water partition coefficient (Wildman–Crippen LogP) is 3.41. The third kappa shape index (κ3) is 2.48. The SMILES string of the molecule is Cc1cc(C)n(-c2ccc(NC(=O)C3(C)CC3(Cl)Cl)cn2)n1. The number of alkyl halides is 2. The largest absolute Gasteiger partial charge is 0.324 e. The molecular formula is C15H16Cl2N4O. The maximum absolute atomic E-state index is 12.2. The fourth-order valence-corrected chi connectivity index (χ4v) is 3.07. The van der Waals surface area contributed by atoms with Gasteiger partial charge in [0.25, 0.3) is 0 Å². The molecule has 0 saturated heterocycles. The van der Waals surface area contributed by atoms with Gasteiger partial charge in [0.1, 0.15) is 4.33 Å². The van der Waals surface area contributed by atoms with Gasteiger partial charge in [-0.2, -0.15) is 5.10 Å². The summed E-state index contributed by atoms with van der Waals surface area (Å²) >= 11 is 12.0. The highest BCUT2D eigenvalue weighted by Crippen LogP contribution is 2.64. The smallest absolute Gasteiger partial charge is 0.233 e. The number of carbonyl (C=O) groups is 1. The summed E-state index contributed by atoms with van der Waals surface area (Å²) in [6, 6.07) is 5.57. The van der Waals surface area contributed by atoms with Crippen LogP contribution < -0.4 is 5.32 Å². The molecule has 1 N–H and O–H groups in total. The molecule has 0 radical (unpaired) electrons. The Morgan fingerprint density at radius 2 is 2.05 bits per heavy atom. The summed E-state index contributed by atoms with van der Waals surface area (Å²) in [4.78, 5) is 16.5. The molecule has 1 atom stereocenters. The Balaban J connectivity index is 1.75. The average molecular weight is 339 g/mol. The summed E-state index contributed by atoms with van der Waals surface area (Å²) in [5.74, 6) is 0.503. The Morgan fingerprint density at radius 3 is 2.50 bits per heavy atom. The molecule has 0 bridgehead atoms. The van der Waals surface area contributed by atoms with Crippen molar-refractivity contribution in [3.8, 4) is 5.82 Å². The van der Waals surface area contributed by atoms with Crippen LogP contribution in [0.1, 0.15) is 24.7 Å². The van der Waals surface area contributed by atoms with Crippen LogP contribution in [0.3, 0.4) is 0 Å². The van der Waals surface area contributed by atoms with Crippen molar-refractivity contribution in [1.29, 1.82) is 0 Å². The summed E-state index contributed by atoms with van der Waals surface area (Å²) < 4.78 is 0.778. The van der Waals surface area contributed by atoms with E-state index in [0.717, 1.165) is 11.4 Å². The predicted molar refractivity (Wildman–Crippen MR) is 86.6 cm³/mol. The van der Waals surface area contributed by atoms with Crippen LogP contribution >= 0.6 is 23.2 Å². The topological polar surface area (TPSA) is 59.8 Å². The second-order valence-corrected chi connectivity index (χ2v) is 7.40. The van der Waals surface area contributed by atoms with Crippen LogP contribution in [0.4, 0.5) is 5.69 Å². The van der Waals surface area contributed by atoms with Crippen molar-refractivity contribution in [3.63, 3.8) is 0 Å². The van der Waals surface area contributed by atoms with E-state index in [1.165, 1.54) is 0 Å². The Kier molecular flexibility index (Phi) is 3.45. The van der Waals surface area contributed by atoms with Gasteiger partial charge < -0.3 is 5.32 Å². The van der Waals surface area contributed by atoms with E-state index in [2.05, 4.69) is 15.4 Å². The molecule has 0 aromatic carbocycles. The molecular weight excluding hydrogens is 323 g/mol. The third-order valence-electron chi connectivity index (χ3n) is 3.99. The molecule has 1 unspecified atom stereocenters. The van der Waals surface area contributed by atoms with Gasteiger partial charge in [0, 0.05) is 5.69 Å². The third-order valence-corrected chi connectivity index (χ3v) is 5.09. The zero-order valence-corrected chi connectivity index (χ0v) is 14.0. The van der Waals surface area contributed by atoms with Gasteiger partial charge in [-0.05, 0) is 45.4 Å². The first kappa shape index (κ1) is 15.3. The Bertz CT molecular complexity index is 739. The number of nitrogens with one attached hydrogen (secondary N) is 1. The van der Waals surface area contributed by atoms with Gasteiger partial charge in [-0.1, -0.05) is 0 Å². The molecule has 2 heterocycles. The molecule has 1 saturated carbocycles. The maximum Gasteiger partial charge on any atom is 0.233 e. The van der Waals surface area contributed by atoms with Crippen molar-refractivity contribution in [2.75, 3.05) is 5.32 Å². The van der Waals surface area contributed by atoms with Crippen molar-refractivity contribution < 1.29 is 4.79 Å². The van der Waals surface area contributed by atoms with E-state index in [0.29, 0.717) is 17.9 Å². The number of pyridine rings is 1. The summed E-state index contributed by atoms with van der Waals surface area (Å²) in [7, 11) is 0. The molecule has 5 nitrogen and oxygen atoms in total. The fraction of sp³-hybridized carbons (Fsp3) is 0.400. The first-order chi connectivity index (χ1) is 10.2. The molecule has 116 valence electrons. The zero-order chi connectivity index (χ0) is 16.1. The number of aromatic nitrogens is 3. The molecule has 1 amide bonds. The molecule has 7 heteroatoms. The lowest BCUT2D eigenvalue weighted by molar-refractivity contribution is -0.120. The molecule has 1 fully saturated rings. The lowest BCUT2D eigenvalue weighted by Crippen LogP contribution is -2.26.